The number of benzene rings is 2. The van der Waals surface area contributed by atoms with Crippen molar-refractivity contribution in [3.63, 3.8) is 0 Å². The molecule has 1 N–H and O–H groups in total. The summed E-state index contributed by atoms with van der Waals surface area (Å²) in [4.78, 5) is 31.4. The molecular formula is C22H25N3O5S. The lowest BCUT2D eigenvalue weighted by Gasteiger charge is -2.31. The summed E-state index contributed by atoms with van der Waals surface area (Å²) in [7, 11) is 6.29. The molecule has 2 aromatic carbocycles. The fourth-order valence-corrected chi connectivity index (χ4v) is 4.24. The molecule has 0 spiro atoms. The first-order valence-electron chi connectivity index (χ1n) is 9.61. The smallest absolute Gasteiger partial charge is 0.233 e. The van der Waals surface area contributed by atoms with Crippen molar-refractivity contribution in [2.45, 2.75) is 18.2 Å². The van der Waals surface area contributed by atoms with E-state index in [2.05, 4.69) is 10.3 Å². The van der Waals surface area contributed by atoms with Gasteiger partial charge in [-0.05, 0) is 42.0 Å². The third kappa shape index (κ3) is 5.29. The van der Waals surface area contributed by atoms with Crippen LogP contribution in [0.4, 0.5) is 5.69 Å². The minimum Gasteiger partial charge on any atom is -0.497 e. The average Bonchev–Trinajstić information content (AvgIpc) is 2.80. The summed E-state index contributed by atoms with van der Waals surface area (Å²) in [6, 6.07) is 12.7. The van der Waals surface area contributed by atoms with E-state index in [1.165, 1.54) is 11.8 Å². The molecule has 3 rings (SSSR count). The third-order valence-corrected chi connectivity index (χ3v) is 5.95. The Hall–Kier alpha value is -3.20. The number of aliphatic imine (C=N–C) groups is 1. The van der Waals surface area contributed by atoms with Crippen molar-refractivity contribution in [2.24, 2.45) is 4.99 Å². The van der Waals surface area contributed by atoms with Gasteiger partial charge in [0.1, 0.15) is 5.75 Å². The van der Waals surface area contributed by atoms with Gasteiger partial charge < -0.3 is 19.5 Å². The van der Waals surface area contributed by atoms with Gasteiger partial charge in [-0.15, -0.1) is 0 Å². The van der Waals surface area contributed by atoms with E-state index < -0.39 is 5.25 Å². The minimum absolute atomic E-state index is 0.0965. The summed E-state index contributed by atoms with van der Waals surface area (Å²) in [6.45, 7) is 0.293. The van der Waals surface area contributed by atoms with E-state index in [1.54, 1.807) is 63.6 Å². The zero-order valence-corrected chi connectivity index (χ0v) is 18.7. The molecule has 1 aliphatic rings. The SMILES string of the molecule is CNC(=O)[C@H]1CC(=O)N(Cc2ccc(OC)c(OC)c2)C(=Nc2ccc(OC)cc2)S1. The standard InChI is InChI=1S/C22H25N3O5S/c1-23-21(27)19-12-20(26)25(13-14-5-10-17(29-3)18(11-14)30-4)22(31-19)24-15-6-8-16(28-2)9-7-15/h5-11,19H,12-13H2,1-4H3,(H,23,27)/t19-/m1/s1. The Kier molecular flexibility index (Phi) is 7.41. The monoisotopic (exact) mass is 443 g/mol. The lowest BCUT2D eigenvalue weighted by Crippen LogP contribution is -2.45. The molecule has 2 amide bonds. The zero-order chi connectivity index (χ0) is 22.4. The lowest BCUT2D eigenvalue weighted by atomic mass is 10.1. The number of thioether (sulfide) groups is 1. The first kappa shape index (κ1) is 22.5. The van der Waals surface area contributed by atoms with Crippen molar-refractivity contribution in [3.8, 4) is 17.2 Å². The lowest BCUT2D eigenvalue weighted by molar-refractivity contribution is -0.130. The predicted molar refractivity (Wildman–Crippen MR) is 120 cm³/mol. The molecule has 1 saturated heterocycles. The molecule has 9 heteroatoms. The average molecular weight is 444 g/mol. The van der Waals surface area contributed by atoms with Crippen molar-refractivity contribution in [3.05, 3.63) is 48.0 Å². The molecule has 1 heterocycles. The first-order valence-corrected chi connectivity index (χ1v) is 10.5. The summed E-state index contributed by atoms with van der Waals surface area (Å²) in [5.41, 5.74) is 1.51. The van der Waals surface area contributed by atoms with Crippen LogP contribution >= 0.6 is 11.8 Å². The summed E-state index contributed by atoms with van der Waals surface area (Å²) in [6.07, 6.45) is 0.0965. The van der Waals surface area contributed by atoms with Crippen LogP contribution in [0.1, 0.15) is 12.0 Å². The number of ether oxygens (including phenoxy) is 3. The Morgan fingerprint density at radius 3 is 2.42 bits per heavy atom. The second kappa shape index (κ2) is 10.2. The number of hydrogen-bond donors (Lipinski definition) is 1. The Balaban J connectivity index is 1.93. The molecule has 1 fully saturated rings. The summed E-state index contributed by atoms with van der Waals surface area (Å²) in [5.74, 6) is 1.52. The Morgan fingerprint density at radius 2 is 1.81 bits per heavy atom. The number of hydrogen-bond acceptors (Lipinski definition) is 7. The number of amides is 2. The number of rotatable bonds is 7. The third-order valence-electron chi connectivity index (χ3n) is 4.76. The Bertz CT molecular complexity index is 978. The maximum absolute atomic E-state index is 13.0. The molecular weight excluding hydrogens is 418 g/mol. The molecule has 1 aliphatic heterocycles. The molecule has 1 atom stereocenters. The molecule has 31 heavy (non-hydrogen) atoms. The van der Waals surface area contributed by atoms with Crippen LogP contribution in [0, 0.1) is 0 Å². The van der Waals surface area contributed by atoms with E-state index >= 15 is 0 Å². The highest BCUT2D eigenvalue weighted by atomic mass is 32.2. The van der Waals surface area contributed by atoms with Gasteiger partial charge in [-0.1, -0.05) is 17.8 Å². The van der Waals surface area contributed by atoms with Gasteiger partial charge in [-0.2, -0.15) is 0 Å². The normalized spacial score (nSPS) is 17.4. The van der Waals surface area contributed by atoms with Crippen molar-refractivity contribution >= 4 is 34.4 Å². The fourth-order valence-electron chi connectivity index (χ4n) is 3.09. The van der Waals surface area contributed by atoms with Crippen molar-refractivity contribution in [1.82, 2.24) is 10.2 Å². The molecule has 0 radical (unpaired) electrons. The van der Waals surface area contributed by atoms with Crippen LogP contribution < -0.4 is 19.5 Å². The number of nitrogens with one attached hydrogen (secondary N) is 1. The van der Waals surface area contributed by atoms with Crippen LogP contribution in [0.3, 0.4) is 0 Å². The van der Waals surface area contributed by atoms with Crippen LogP contribution in [-0.2, 0) is 16.1 Å². The summed E-state index contributed by atoms with van der Waals surface area (Å²) < 4.78 is 15.8. The van der Waals surface area contributed by atoms with Crippen LogP contribution in [0.2, 0.25) is 0 Å². The second-order valence-electron chi connectivity index (χ2n) is 6.69. The number of carbonyl (C=O) groups excluding carboxylic acids is 2. The Labute approximate surface area is 185 Å². The van der Waals surface area contributed by atoms with Crippen LogP contribution in [0.15, 0.2) is 47.5 Å². The highest BCUT2D eigenvalue weighted by Gasteiger charge is 2.35. The molecule has 0 bridgehead atoms. The molecule has 8 nitrogen and oxygen atoms in total. The van der Waals surface area contributed by atoms with Gasteiger partial charge in [0.05, 0.1) is 38.8 Å². The van der Waals surface area contributed by atoms with Crippen molar-refractivity contribution in [2.75, 3.05) is 28.4 Å². The number of amidine groups is 1. The van der Waals surface area contributed by atoms with Crippen molar-refractivity contribution < 1.29 is 23.8 Å². The summed E-state index contributed by atoms with van der Waals surface area (Å²) in [5, 5.41) is 2.55. The van der Waals surface area contributed by atoms with Crippen LogP contribution in [0.25, 0.3) is 0 Å². The van der Waals surface area contributed by atoms with E-state index in [0.717, 1.165) is 5.56 Å². The first-order chi connectivity index (χ1) is 15.0. The zero-order valence-electron chi connectivity index (χ0n) is 17.9. The Morgan fingerprint density at radius 1 is 1.10 bits per heavy atom. The fraction of sp³-hybridized carbons (Fsp3) is 0.318. The van der Waals surface area contributed by atoms with E-state index in [1.807, 2.05) is 12.1 Å². The number of carbonyl (C=O) groups is 2. The maximum Gasteiger partial charge on any atom is 0.233 e. The van der Waals surface area contributed by atoms with Gasteiger partial charge >= 0.3 is 0 Å². The quantitative estimate of drug-likeness (QED) is 0.708. The molecule has 0 aliphatic carbocycles. The maximum atomic E-state index is 13.0. The molecule has 0 aromatic heterocycles. The topological polar surface area (TPSA) is 89.5 Å². The predicted octanol–water partition coefficient (Wildman–Crippen LogP) is 2.98. The van der Waals surface area contributed by atoms with Gasteiger partial charge in [0.2, 0.25) is 11.8 Å². The van der Waals surface area contributed by atoms with Gasteiger partial charge in [-0.25, -0.2) is 4.99 Å². The molecule has 2 aromatic rings. The highest BCUT2D eigenvalue weighted by molar-refractivity contribution is 8.15. The van der Waals surface area contributed by atoms with Crippen LogP contribution in [0.5, 0.6) is 17.2 Å². The summed E-state index contributed by atoms with van der Waals surface area (Å²) >= 11 is 1.27. The molecule has 164 valence electrons. The van der Waals surface area contributed by atoms with E-state index in [4.69, 9.17) is 14.2 Å². The van der Waals surface area contributed by atoms with Gasteiger partial charge in [-0.3, -0.25) is 14.5 Å². The van der Waals surface area contributed by atoms with Crippen LogP contribution in [-0.4, -0.2) is 55.5 Å². The minimum atomic E-state index is -0.531. The van der Waals surface area contributed by atoms with E-state index in [-0.39, 0.29) is 18.2 Å². The van der Waals surface area contributed by atoms with Crippen molar-refractivity contribution in [1.29, 1.82) is 0 Å². The van der Waals surface area contributed by atoms with Gasteiger partial charge in [0.25, 0.3) is 0 Å². The van der Waals surface area contributed by atoms with Gasteiger partial charge in [0.15, 0.2) is 16.7 Å². The van der Waals surface area contributed by atoms with E-state index in [0.29, 0.717) is 34.6 Å². The largest absolute Gasteiger partial charge is 0.497 e. The molecule has 0 unspecified atom stereocenters. The number of methoxy groups -OCH3 is 3. The van der Waals surface area contributed by atoms with Gasteiger partial charge in [0, 0.05) is 13.5 Å². The highest BCUT2D eigenvalue weighted by Crippen LogP contribution is 2.33. The number of nitrogens with zero attached hydrogens (tertiary/aromatic N) is 2. The molecule has 0 saturated carbocycles. The van der Waals surface area contributed by atoms with E-state index in [9.17, 15) is 9.59 Å². The second-order valence-corrected chi connectivity index (χ2v) is 7.86.